The van der Waals surface area contributed by atoms with Gasteiger partial charge in [-0.05, 0) is 48.5 Å². The van der Waals surface area contributed by atoms with Gasteiger partial charge in [0.1, 0.15) is 23.9 Å². The standard InChI is InChI=1S/C20H25NO7S2/c1-26-15-3-5-17(6-4-15)28-12-11-21-19-13-29(22,23)14-20(19)30(24,25)18-9-7-16(27-2)8-10-18/h3-10,19-21H,11-14H2,1-2H3/t19-,20-/m0/s1. The summed E-state index contributed by atoms with van der Waals surface area (Å²) >= 11 is 0. The average molecular weight is 456 g/mol. The largest absolute Gasteiger partial charge is 0.497 e. The Morgan fingerprint density at radius 1 is 0.900 bits per heavy atom. The third kappa shape index (κ3) is 5.24. The van der Waals surface area contributed by atoms with Crippen LogP contribution in [0.25, 0.3) is 0 Å². The third-order valence-electron chi connectivity index (χ3n) is 4.92. The van der Waals surface area contributed by atoms with Gasteiger partial charge in [-0.3, -0.25) is 0 Å². The van der Waals surface area contributed by atoms with Gasteiger partial charge in [-0.2, -0.15) is 0 Å². The maximum atomic E-state index is 13.1. The molecule has 2 atom stereocenters. The minimum Gasteiger partial charge on any atom is -0.497 e. The molecule has 0 spiro atoms. The molecule has 0 aromatic heterocycles. The van der Waals surface area contributed by atoms with Crippen LogP contribution in [0.2, 0.25) is 0 Å². The Morgan fingerprint density at radius 3 is 2.00 bits per heavy atom. The zero-order chi connectivity index (χ0) is 21.8. The van der Waals surface area contributed by atoms with Gasteiger partial charge < -0.3 is 19.5 Å². The molecular formula is C20H25NO7S2. The Bertz CT molecular complexity index is 1050. The maximum Gasteiger partial charge on any atom is 0.183 e. The predicted molar refractivity (Wildman–Crippen MR) is 113 cm³/mol. The van der Waals surface area contributed by atoms with Crippen molar-refractivity contribution in [3.05, 3.63) is 48.5 Å². The van der Waals surface area contributed by atoms with Gasteiger partial charge >= 0.3 is 0 Å². The lowest BCUT2D eigenvalue weighted by atomic mass is 10.2. The fourth-order valence-electron chi connectivity index (χ4n) is 3.34. The second-order valence-corrected chi connectivity index (χ2v) is 11.2. The molecule has 1 aliphatic rings. The molecule has 0 unspecified atom stereocenters. The molecule has 10 heteroatoms. The highest BCUT2D eigenvalue weighted by atomic mass is 32.2. The van der Waals surface area contributed by atoms with Crippen LogP contribution in [0.5, 0.6) is 17.2 Å². The summed E-state index contributed by atoms with van der Waals surface area (Å²) < 4.78 is 66.2. The highest BCUT2D eigenvalue weighted by molar-refractivity contribution is 7.96. The van der Waals surface area contributed by atoms with Crippen molar-refractivity contribution in [2.45, 2.75) is 16.2 Å². The first-order valence-electron chi connectivity index (χ1n) is 9.34. The van der Waals surface area contributed by atoms with Crippen molar-refractivity contribution < 1.29 is 31.0 Å². The summed E-state index contributed by atoms with van der Waals surface area (Å²) in [4.78, 5) is 0.0756. The van der Waals surface area contributed by atoms with Gasteiger partial charge in [0.15, 0.2) is 19.7 Å². The predicted octanol–water partition coefficient (Wildman–Crippen LogP) is 1.31. The first kappa shape index (κ1) is 22.4. The van der Waals surface area contributed by atoms with Crippen molar-refractivity contribution in [3.8, 4) is 17.2 Å². The first-order chi connectivity index (χ1) is 14.2. The monoisotopic (exact) mass is 455 g/mol. The number of benzene rings is 2. The SMILES string of the molecule is COc1ccc(OCCN[C@H]2CS(=O)(=O)C[C@@H]2S(=O)(=O)c2ccc(OC)cc2)cc1. The Hall–Kier alpha value is -2.30. The van der Waals surface area contributed by atoms with Crippen LogP contribution in [0.3, 0.4) is 0 Å². The fourth-order valence-corrected chi connectivity index (χ4v) is 8.05. The normalized spacial score (nSPS) is 20.6. The van der Waals surface area contributed by atoms with E-state index in [1.54, 1.807) is 43.5 Å². The number of rotatable bonds is 9. The van der Waals surface area contributed by atoms with E-state index in [1.807, 2.05) is 0 Å². The van der Waals surface area contributed by atoms with Gasteiger partial charge in [0.05, 0.1) is 35.9 Å². The molecule has 2 aromatic rings. The van der Waals surface area contributed by atoms with E-state index in [0.717, 1.165) is 0 Å². The highest BCUT2D eigenvalue weighted by Crippen LogP contribution is 2.27. The minimum absolute atomic E-state index is 0.0756. The van der Waals surface area contributed by atoms with E-state index in [9.17, 15) is 16.8 Å². The third-order valence-corrected chi connectivity index (χ3v) is 9.09. The molecule has 8 nitrogen and oxygen atoms in total. The summed E-state index contributed by atoms with van der Waals surface area (Å²) in [5, 5.41) is 1.99. The fraction of sp³-hybridized carbons (Fsp3) is 0.400. The van der Waals surface area contributed by atoms with E-state index in [1.165, 1.54) is 19.2 Å². The summed E-state index contributed by atoms with van der Waals surface area (Å²) in [6.45, 7) is 0.568. The average Bonchev–Trinajstić information content (AvgIpc) is 3.07. The van der Waals surface area contributed by atoms with Crippen LogP contribution in [0.15, 0.2) is 53.4 Å². The van der Waals surface area contributed by atoms with Crippen LogP contribution < -0.4 is 19.5 Å². The summed E-state index contributed by atoms with van der Waals surface area (Å²) in [6.07, 6.45) is 0. The molecule has 0 bridgehead atoms. The number of nitrogens with one attached hydrogen (secondary N) is 1. The molecule has 1 heterocycles. The maximum absolute atomic E-state index is 13.1. The molecule has 0 saturated carbocycles. The van der Waals surface area contributed by atoms with Crippen molar-refractivity contribution in [3.63, 3.8) is 0 Å². The van der Waals surface area contributed by atoms with E-state index in [4.69, 9.17) is 14.2 Å². The second kappa shape index (κ2) is 9.23. The topological polar surface area (TPSA) is 108 Å². The molecule has 1 N–H and O–H groups in total. The molecule has 164 valence electrons. The van der Waals surface area contributed by atoms with Crippen LogP contribution in [-0.4, -0.2) is 67.0 Å². The minimum atomic E-state index is -3.83. The Morgan fingerprint density at radius 2 is 1.43 bits per heavy atom. The van der Waals surface area contributed by atoms with Crippen molar-refractivity contribution in [2.24, 2.45) is 0 Å². The van der Waals surface area contributed by atoms with Crippen molar-refractivity contribution in [1.82, 2.24) is 5.32 Å². The van der Waals surface area contributed by atoms with Crippen molar-refractivity contribution >= 4 is 19.7 Å². The van der Waals surface area contributed by atoms with Crippen LogP contribution >= 0.6 is 0 Å². The zero-order valence-corrected chi connectivity index (χ0v) is 18.4. The van der Waals surface area contributed by atoms with E-state index in [2.05, 4.69) is 5.32 Å². The quantitative estimate of drug-likeness (QED) is 0.564. The summed E-state index contributed by atoms with van der Waals surface area (Å²) in [7, 11) is -4.24. The number of hydrogen-bond acceptors (Lipinski definition) is 8. The van der Waals surface area contributed by atoms with Crippen molar-refractivity contribution in [2.75, 3.05) is 38.9 Å². The van der Waals surface area contributed by atoms with Gasteiger partial charge in [0.2, 0.25) is 0 Å². The van der Waals surface area contributed by atoms with Crippen LogP contribution in [0, 0.1) is 0 Å². The van der Waals surface area contributed by atoms with Crippen LogP contribution in [0.1, 0.15) is 0 Å². The number of methoxy groups -OCH3 is 2. The van der Waals surface area contributed by atoms with E-state index >= 15 is 0 Å². The number of ether oxygens (including phenoxy) is 3. The lowest BCUT2D eigenvalue weighted by molar-refractivity contribution is 0.307. The molecule has 3 rings (SSSR count). The molecule has 2 aromatic carbocycles. The summed E-state index contributed by atoms with van der Waals surface area (Å²) in [6, 6.07) is 12.3. The van der Waals surface area contributed by atoms with Crippen molar-refractivity contribution in [1.29, 1.82) is 0 Å². The molecule has 1 saturated heterocycles. The molecule has 1 aliphatic heterocycles. The van der Waals surface area contributed by atoms with Gasteiger partial charge in [-0.15, -0.1) is 0 Å². The molecule has 0 amide bonds. The van der Waals surface area contributed by atoms with Gasteiger partial charge in [-0.1, -0.05) is 0 Å². The molecule has 30 heavy (non-hydrogen) atoms. The Labute approximate surface area is 177 Å². The Kier molecular flexibility index (Phi) is 6.89. The summed E-state index contributed by atoms with van der Waals surface area (Å²) in [5.74, 6) is 1.24. The smallest absolute Gasteiger partial charge is 0.183 e. The lowest BCUT2D eigenvalue weighted by Gasteiger charge is -2.20. The lowest BCUT2D eigenvalue weighted by Crippen LogP contribution is -2.44. The number of hydrogen-bond donors (Lipinski definition) is 1. The first-order valence-corrected chi connectivity index (χ1v) is 12.7. The van der Waals surface area contributed by atoms with Gasteiger partial charge in [0.25, 0.3) is 0 Å². The second-order valence-electron chi connectivity index (χ2n) is 6.92. The Balaban J connectivity index is 1.64. The zero-order valence-electron chi connectivity index (χ0n) is 16.8. The molecule has 0 aliphatic carbocycles. The van der Waals surface area contributed by atoms with Crippen LogP contribution in [0.4, 0.5) is 0 Å². The number of sulfone groups is 2. The van der Waals surface area contributed by atoms with E-state index in [0.29, 0.717) is 23.8 Å². The van der Waals surface area contributed by atoms with Gasteiger partial charge in [0, 0.05) is 12.6 Å². The van der Waals surface area contributed by atoms with E-state index in [-0.39, 0.29) is 17.3 Å². The van der Waals surface area contributed by atoms with Gasteiger partial charge in [-0.25, -0.2) is 16.8 Å². The molecular weight excluding hydrogens is 430 g/mol. The van der Waals surface area contributed by atoms with Crippen LogP contribution in [-0.2, 0) is 19.7 Å². The summed E-state index contributed by atoms with van der Waals surface area (Å²) in [5.41, 5.74) is 0. The molecule has 0 radical (unpaired) electrons. The highest BCUT2D eigenvalue weighted by Gasteiger charge is 2.45. The van der Waals surface area contributed by atoms with E-state index < -0.39 is 36.7 Å². The molecule has 1 fully saturated rings.